The zero-order valence-electron chi connectivity index (χ0n) is 15.0. The van der Waals surface area contributed by atoms with Gasteiger partial charge < -0.3 is 19.9 Å². The van der Waals surface area contributed by atoms with E-state index in [9.17, 15) is 23.9 Å². The molecule has 2 fully saturated rings. The molecule has 4 rings (SSSR count). The van der Waals surface area contributed by atoms with Crippen molar-refractivity contribution >= 4 is 44.3 Å². The van der Waals surface area contributed by atoms with E-state index in [1.54, 1.807) is 10.6 Å². The summed E-state index contributed by atoms with van der Waals surface area (Å²) in [7, 11) is 0. The Balaban J connectivity index is 2.06. The monoisotopic (exact) mass is 451 g/mol. The Morgan fingerprint density at radius 1 is 1.25 bits per heavy atom. The van der Waals surface area contributed by atoms with E-state index in [4.69, 9.17) is 0 Å². The SMILES string of the molecule is O=C(O)c1c(C(=O)CBr)n(C2CC2)c2cc(N3CCNCC3)c(F)cc2c1=O. The molecule has 7 nitrogen and oxygen atoms in total. The number of anilines is 1. The number of alkyl halides is 1. The van der Waals surface area contributed by atoms with Crippen LogP contribution in [0.15, 0.2) is 16.9 Å². The number of aromatic nitrogens is 1. The van der Waals surface area contributed by atoms with Crippen molar-refractivity contribution in [1.29, 1.82) is 0 Å². The van der Waals surface area contributed by atoms with E-state index in [1.807, 2.05) is 4.90 Å². The molecule has 2 heterocycles. The van der Waals surface area contributed by atoms with Crippen LogP contribution < -0.4 is 15.6 Å². The molecule has 1 aromatic carbocycles. The third-order valence-corrected chi connectivity index (χ3v) is 5.75. The highest BCUT2D eigenvalue weighted by Gasteiger charge is 2.34. The molecule has 0 bridgehead atoms. The lowest BCUT2D eigenvalue weighted by molar-refractivity contribution is 0.0689. The molecule has 0 spiro atoms. The van der Waals surface area contributed by atoms with E-state index in [0.717, 1.165) is 32.0 Å². The van der Waals surface area contributed by atoms with E-state index in [-0.39, 0.29) is 22.5 Å². The summed E-state index contributed by atoms with van der Waals surface area (Å²) in [5, 5.41) is 12.7. The number of Topliss-reactive ketones (excluding diaryl/α,β-unsaturated/α-hetero) is 1. The quantitative estimate of drug-likeness (QED) is 0.534. The minimum Gasteiger partial charge on any atom is -0.477 e. The highest BCUT2D eigenvalue weighted by atomic mass is 79.9. The minimum absolute atomic E-state index is 0.00759. The van der Waals surface area contributed by atoms with Gasteiger partial charge in [-0.2, -0.15) is 0 Å². The van der Waals surface area contributed by atoms with Gasteiger partial charge in [-0.3, -0.25) is 9.59 Å². The number of pyridine rings is 1. The summed E-state index contributed by atoms with van der Waals surface area (Å²) in [4.78, 5) is 39.2. The van der Waals surface area contributed by atoms with Crippen LogP contribution >= 0.6 is 15.9 Å². The van der Waals surface area contributed by atoms with Gasteiger partial charge in [-0.05, 0) is 25.0 Å². The number of aromatic carboxylic acids is 1. The van der Waals surface area contributed by atoms with Gasteiger partial charge >= 0.3 is 5.97 Å². The zero-order chi connectivity index (χ0) is 20.0. The minimum atomic E-state index is -1.47. The van der Waals surface area contributed by atoms with E-state index in [2.05, 4.69) is 21.2 Å². The van der Waals surface area contributed by atoms with Crippen molar-refractivity contribution in [3.05, 3.63) is 39.4 Å². The Morgan fingerprint density at radius 2 is 1.93 bits per heavy atom. The Hall–Kier alpha value is -2.26. The van der Waals surface area contributed by atoms with Gasteiger partial charge in [-0.25, -0.2) is 9.18 Å². The number of halogens is 2. The van der Waals surface area contributed by atoms with Gasteiger partial charge in [0.05, 0.1) is 16.5 Å². The fourth-order valence-electron chi connectivity index (χ4n) is 3.81. The first-order chi connectivity index (χ1) is 13.4. The molecule has 1 saturated carbocycles. The van der Waals surface area contributed by atoms with Gasteiger partial charge in [0.2, 0.25) is 5.43 Å². The van der Waals surface area contributed by atoms with E-state index < -0.39 is 28.6 Å². The third kappa shape index (κ3) is 3.12. The maximum atomic E-state index is 14.9. The summed E-state index contributed by atoms with van der Waals surface area (Å²) in [6.07, 6.45) is 1.56. The molecule has 9 heteroatoms. The number of carbonyl (C=O) groups excluding carboxylic acids is 1. The predicted octanol–water partition coefficient (Wildman–Crippen LogP) is 2.16. The molecular weight excluding hydrogens is 433 g/mol. The van der Waals surface area contributed by atoms with Crippen LogP contribution in [0.3, 0.4) is 0 Å². The van der Waals surface area contributed by atoms with Gasteiger partial charge in [0.15, 0.2) is 5.78 Å². The van der Waals surface area contributed by atoms with Gasteiger partial charge in [0.25, 0.3) is 0 Å². The molecule has 148 valence electrons. The number of piperazine rings is 1. The third-order valence-electron chi connectivity index (χ3n) is 5.24. The largest absolute Gasteiger partial charge is 0.477 e. The molecule has 1 aliphatic carbocycles. The van der Waals surface area contributed by atoms with E-state index >= 15 is 0 Å². The maximum Gasteiger partial charge on any atom is 0.342 e. The molecule has 1 aliphatic heterocycles. The molecule has 0 amide bonds. The number of carboxylic acids is 1. The first kappa shape index (κ1) is 19.1. The van der Waals surface area contributed by atoms with Crippen molar-refractivity contribution in [2.45, 2.75) is 18.9 Å². The number of nitrogens with one attached hydrogen (secondary N) is 1. The van der Waals surface area contributed by atoms with Crippen LogP contribution in [0.4, 0.5) is 10.1 Å². The average Bonchev–Trinajstić information content (AvgIpc) is 3.52. The maximum absolute atomic E-state index is 14.9. The van der Waals surface area contributed by atoms with Gasteiger partial charge in [0.1, 0.15) is 17.1 Å². The lowest BCUT2D eigenvalue weighted by Crippen LogP contribution is -2.44. The normalized spacial score (nSPS) is 17.1. The van der Waals surface area contributed by atoms with Crippen molar-refractivity contribution in [3.8, 4) is 0 Å². The fraction of sp³-hybridized carbons (Fsp3) is 0.421. The number of rotatable bonds is 5. The summed E-state index contributed by atoms with van der Waals surface area (Å²) in [6, 6.07) is 2.63. The standard InChI is InChI=1S/C19H19BrFN3O4/c20-9-15(25)17-16(19(27)28)18(26)11-7-12(21)14(23-5-3-22-4-6-23)8-13(11)24(17)10-1-2-10/h7-8,10,22H,1-6,9H2,(H,27,28). The van der Waals surface area contributed by atoms with E-state index in [0.29, 0.717) is 24.3 Å². The van der Waals surface area contributed by atoms with Gasteiger partial charge in [-0.15, -0.1) is 0 Å². The number of benzene rings is 1. The van der Waals surface area contributed by atoms with E-state index in [1.165, 1.54) is 0 Å². The van der Waals surface area contributed by atoms with Crippen molar-refractivity contribution in [2.24, 2.45) is 0 Å². The number of ketones is 1. The summed E-state index contributed by atoms with van der Waals surface area (Å²) in [5.41, 5.74) is -0.741. The predicted molar refractivity (Wildman–Crippen MR) is 107 cm³/mol. The highest BCUT2D eigenvalue weighted by molar-refractivity contribution is 9.09. The highest BCUT2D eigenvalue weighted by Crippen LogP contribution is 2.40. The number of nitrogens with zero attached hydrogens (tertiary/aromatic N) is 2. The lowest BCUT2D eigenvalue weighted by atomic mass is 10.0. The average molecular weight is 452 g/mol. The number of hydrogen-bond acceptors (Lipinski definition) is 5. The van der Waals surface area contributed by atoms with Crippen LogP contribution in [-0.2, 0) is 0 Å². The number of fused-ring (bicyclic) bond motifs is 1. The van der Waals surface area contributed by atoms with Crippen molar-refractivity contribution < 1.29 is 19.1 Å². The molecule has 0 unspecified atom stereocenters. The second kappa shape index (κ2) is 7.29. The molecule has 0 atom stereocenters. The molecule has 28 heavy (non-hydrogen) atoms. The molecule has 1 aromatic heterocycles. The summed E-state index contributed by atoms with van der Waals surface area (Å²) in [5.74, 6) is -2.52. The van der Waals surface area contributed by atoms with Crippen LogP contribution in [0.1, 0.15) is 39.7 Å². The zero-order valence-corrected chi connectivity index (χ0v) is 16.6. The first-order valence-electron chi connectivity index (χ1n) is 9.14. The van der Waals surface area contributed by atoms with Crippen molar-refractivity contribution in [1.82, 2.24) is 9.88 Å². The molecular formula is C19H19BrFN3O4. The Labute approximate surface area is 168 Å². The van der Waals surface area contributed by atoms with Crippen LogP contribution in [-0.4, -0.2) is 52.9 Å². The number of carbonyl (C=O) groups is 2. The molecule has 1 saturated heterocycles. The van der Waals surface area contributed by atoms with Crippen molar-refractivity contribution in [3.63, 3.8) is 0 Å². The van der Waals surface area contributed by atoms with Crippen LogP contribution in [0.5, 0.6) is 0 Å². The molecule has 2 N–H and O–H groups in total. The van der Waals surface area contributed by atoms with Crippen molar-refractivity contribution in [2.75, 3.05) is 36.4 Å². The topological polar surface area (TPSA) is 91.6 Å². The summed E-state index contributed by atoms with van der Waals surface area (Å²) in [6.45, 7) is 2.68. The van der Waals surface area contributed by atoms with Crippen LogP contribution in [0.2, 0.25) is 0 Å². The fourth-order valence-corrected chi connectivity index (χ4v) is 4.08. The molecule has 0 radical (unpaired) electrons. The Morgan fingerprint density at radius 3 is 2.50 bits per heavy atom. The molecule has 2 aromatic rings. The smallest absolute Gasteiger partial charge is 0.342 e. The number of carboxylic acid groups (broad SMARTS) is 1. The van der Waals surface area contributed by atoms with Crippen LogP contribution in [0, 0.1) is 5.82 Å². The van der Waals surface area contributed by atoms with Gasteiger partial charge in [-0.1, -0.05) is 15.9 Å². The first-order valence-corrected chi connectivity index (χ1v) is 10.3. The lowest BCUT2D eigenvalue weighted by Gasteiger charge is -2.30. The second-order valence-electron chi connectivity index (χ2n) is 7.07. The summed E-state index contributed by atoms with van der Waals surface area (Å²) >= 11 is 3.08. The van der Waals surface area contributed by atoms with Crippen LogP contribution in [0.25, 0.3) is 10.9 Å². The van der Waals surface area contributed by atoms with Gasteiger partial charge in [0, 0.05) is 37.6 Å². The second-order valence-corrected chi connectivity index (χ2v) is 7.63. The Bertz CT molecular complexity index is 1040. The molecule has 2 aliphatic rings. The summed E-state index contributed by atoms with van der Waals surface area (Å²) < 4.78 is 16.5. The Kier molecular flexibility index (Phi) is 4.96. The number of hydrogen-bond donors (Lipinski definition) is 2.